The first-order chi connectivity index (χ1) is 6.52. The van der Waals surface area contributed by atoms with E-state index in [0.29, 0.717) is 5.57 Å². The third-order valence-electron chi connectivity index (χ3n) is 2.37. The summed E-state index contributed by atoms with van der Waals surface area (Å²) in [4.78, 5) is 10.4. The predicted molar refractivity (Wildman–Crippen MR) is 59.0 cm³/mol. The molecular weight excluding hydrogens is 176 g/mol. The average Bonchev–Trinajstić information content (AvgIpc) is 2.16. The van der Waals surface area contributed by atoms with Crippen LogP contribution in [0.4, 0.5) is 0 Å². The summed E-state index contributed by atoms with van der Waals surface area (Å²) in [6.07, 6.45) is 4.79. The van der Waals surface area contributed by atoms with Crippen LogP contribution >= 0.6 is 0 Å². The maximum atomic E-state index is 10.4. The molecule has 2 heteroatoms. The average molecular weight is 196 g/mol. The van der Waals surface area contributed by atoms with Gasteiger partial charge in [-0.05, 0) is 24.8 Å². The molecular formula is C12H20O2. The van der Waals surface area contributed by atoms with E-state index in [2.05, 4.69) is 6.58 Å². The monoisotopic (exact) mass is 196 g/mol. The minimum Gasteiger partial charge on any atom is -0.392 e. The maximum Gasteiger partial charge on any atom is 0.145 e. The smallest absolute Gasteiger partial charge is 0.145 e. The van der Waals surface area contributed by atoms with Crippen molar-refractivity contribution in [1.82, 2.24) is 0 Å². The lowest BCUT2D eigenvalue weighted by atomic mass is 9.90. The lowest BCUT2D eigenvalue weighted by molar-refractivity contribution is -0.104. The normalized spacial score (nSPS) is 18.4. The zero-order chi connectivity index (χ0) is 11.1. The van der Waals surface area contributed by atoms with Crippen molar-refractivity contribution in [2.24, 2.45) is 11.8 Å². The van der Waals surface area contributed by atoms with Gasteiger partial charge < -0.3 is 5.11 Å². The molecule has 0 aromatic heterocycles. The van der Waals surface area contributed by atoms with Crippen molar-refractivity contribution in [2.75, 3.05) is 0 Å². The fourth-order valence-corrected chi connectivity index (χ4v) is 1.47. The third kappa shape index (κ3) is 4.38. The van der Waals surface area contributed by atoms with Crippen molar-refractivity contribution in [1.29, 1.82) is 0 Å². The molecule has 0 aliphatic carbocycles. The molecule has 1 N–H and O–H groups in total. The van der Waals surface area contributed by atoms with Crippen LogP contribution in [0.15, 0.2) is 24.3 Å². The topological polar surface area (TPSA) is 37.3 Å². The second-order valence-corrected chi connectivity index (χ2v) is 3.88. The van der Waals surface area contributed by atoms with Crippen LogP contribution in [0, 0.1) is 11.8 Å². The molecule has 0 heterocycles. The number of aliphatic hydroxyl groups is 1. The van der Waals surface area contributed by atoms with E-state index in [0.717, 1.165) is 12.7 Å². The fourth-order valence-electron chi connectivity index (χ4n) is 1.47. The highest BCUT2D eigenvalue weighted by Crippen LogP contribution is 2.18. The highest BCUT2D eigenvalue weighted by molar-refractivity contribution is 5.72. The summed E-state index contributed by atoms with van der Waals surface area (Å²) in [7, 11) is 0. The molecule has 0 fully saturated rings. The summed E-state index contributed by atoms with van der Waals surface area (Å²) in [6, 6.07) is 0. The first kappa shape index (κ1) is 13.1. The minimum atomic E-state index is -0.414. The number of hydrogen-bond acceptors (Lipinski definition) is 2. The van der Waals surface area contributed by atoms with Gasteiger partial charge in [0.05, 0.1) is 6.10 Å². The SMILES string of the molecule is C=CC[C@H](C)[C@@H](O)[C@@H](C)/C=C(\C)C=O. The number of aldehydes is 1. The van der Waals surface area contributed by atoms with E-state index in [1.54, 1.807) is 19.1 Å². The number of carbonyl (C=O) groups excluding carboxylic acids is 1. The van der Waals surface area contributed by atoms with Gasteiger partial charge in [-0.15, -0.1) is 6.58 Å². The second-order valence-electron chi connectivity index (χ2n) is 3.88. The molecule has 0 aromatic carbocycles. The molecule has 80 valence electrons. The molecule has 14 heavy (non-hydrogen) atoms. The lowest BCUT2D eigenvalue weighted by Crippen LogP contribution is -2.24. The van der Waals surface area contributed by atoms with Crippen molar-refractivity contribution in [3.8, 4) is 0 Å². The van der Waals surface area contributed by atoms with Gasteiger partial charge in [0.25, 0.3) is 0 Å². The summed E-state index contributed by atoms with van der Waals surface area (Å²) in [5.74, 6) is 0.188. The zero-order valence-corrected chi connectivity index (χ0v) is 9.23. The van der Waals surface area contributed by atoms with Crippen molar-refractivity contribution < 1.29 is 9.90 Å². The highest BCUT2D eigenvalue weighted by atomic mass is 16.3. The number of aliphatic hydroxyl groups excluding tert-OH is 1. The molecule has 0 spiro atoms. The maximum absolute atomic E-state index is 10.4. The highest BCUT2D eigenvalue weighted by Gasteiger charge is 2.18. The largest absolute Gasteiger partial charge is 0.392 e. The van der Waals surface area contributed by atoms with Crippen molar-refractivity contribution >= 4 is 6.29 Å². The number of hydrogen-bond donors (Lipinski definition) is 1. The molecule has 0 aliphatic heterocycles. The van der Waals surface area contributed by atoms with Crippen LogP contribution in [-0.4, -0.2) is 17.5 Å². The van der Waals surface area contributed by atoms with Crippen molar-refractivity contribution in [3.05, 3.63) is 24.3 Å². The van der Waals surface area contributed by atoms with Gasteiger partial charge in [0.15, 0.2) is 0 Å². The molecule has 0 unspecified atom stereocenters. The Kier molecular flexibility index (Phi) is 6.13. The van der Waals surface area contributed by atoms with E-state index in [4.69, 9.17) is 0 Å². The molecule has 0 bridgehead atoms. The van der Waals surface area contributed by atoms with Gasteiger partial charge in [-0.1, -0.05) is 26.0 Å². The summed E-state index contributed by atoms with van der Waals surface area (Å²) in [5, 5.41) is 9.85. The van der Waals surface area contributed by atoms with Crippen molar-refractivity contribution in [2.45, 2.75) is 33.3 Å². The quantitative estimate of drug-likeness (QED) is 0.402. The van der Waals surface area contributed by atoms with E-state index < -0.39 is 6.10 Å². The summed E-state index contributed by atoms with van der Waals surface area (Å²) in [5.41, 5.74) is 0.669. The van der Waals surface area contributed by atoms with Crippen LogP contribution in [-0.2, 0) is 4.79 Å². The Morgan fingerprint density at radius 2 is 2.07 bits per heavy atom. The number of carbonyl (C=O) groups is 1. The van der Waals surface area contributed by atoms with Gasteiger partial charge in [0, 0.05) is 5.92 Å². The Morgan fingerprint density at radius 3 is 2.50 bits per heavy atom. The van der Waals surface area contributed by atoms with E-state index in [1.165, 1.54) is 0 Å². The molecule has 0 aliphatic rings. The lowest BCUT2D eigenvalue weighted by Gasteiger charge is -2.21. The molecule has 3 atom stereocenters. The summed E-state index contributed by atoms with van der Waals surface area (Å²) >= 11 is 0. The standard InChI is InChI=1S/C12H20O2/c1-5-6-10(3)12(14)11(4)7-9(2)8-13/h5,7-8,10-12,14H,1,6H2,2-4H3/b9-7+/t10-,11-,12+/m0/s1. The predicted octanol–water partition coefficient (Wildman–Crippen LogP) is 2.34. The first-order valence-corrected chi connectivity index (χ1v) is 4.95. The number of allylic oxidation sites excluding steroid dienone is 2. The van der Waals surface area contributed by atoms with Crippen LogP contribution < -0.4 is 0 Å². The Balaban J connectivity index is 4.30. The van der Waals surface area contributed by atoms with Gasteiger partial charge in [-0.25, -0.2) is 0 Å². The molecule has 2 nitrogen and oxygen atoms in total. The van der Waals surface area contributed by atoms with Gasteiger partial charge in [-0.2, -0.15) is 0 Å². The van der Waals surface area contributed by atoms with Crippen LogP contribution in [0.5, 0.6) is 0 Å². The Bertz CT molecular complexity index is 218. The van der Waals surface area contributed by atoms with Gasteiger partial charge in [0.2, 0.25) is 0 Å². The van der Waals surface area contributed by atoms with E-state index >= 15 is 0 Å². The Morgan fingerprint density at radius 1 is 1.50 bits per heavy atom. The van der Waals surface area contributed by atoms with Gasteiger partial charge >= 0.3 is 0 Å². The van der Waals surface area contributed by atoms with Gasteiger partial charge in [-0.3, -0.25) is 4.79 Å². The van der Waals surface area contributed by atoms with Crippen molar-refractivity contribution in [3.63, 3.8) is 0 Å². The van der Waals surface area contributed by atoms with Gasteiger partial charge in [0.1, 0.15) is 6.29 Å². The third-order valence-corrected chi connectivity index (χ3v) is 2.37. The first-order valence-electron chi connectivity index (χ1n) is 4.95. The van der Waals surface area contributed by atoms with E-state index in [-0.39, 0.29) is 11.8 Å². The minimum absolute atomic E-state index is 0.00940. The second kappa shape index (κ2) is 6.55. The van der Waals surface area contributed by atoms with Crippen LogP contribution in [0.2, 0.25) is 0 Å². The van der Waals surface area contributed by atoms with Crippen LogP contribution in [0.25, 0.3) is 0 Å². The molecule has 0 rings (SSSR count). The zero-order valence-electron chi connectivity index (χ0n) is 9.23. The molecule has 0 aromatic rings. The Hall–Kier alpha value is -0.890. The Labute approximate surface area is 86.3 Å². The molecule has 0 amide bonds. The van der Waals surface area contributed by atoms with E-state index in [9.17, 15) is 9.90 Å². The van der Waals surface area contributed by atoms with E-state index in [1.807, 2.05) is 13.8 Å². The van der Waals surface area contributed by atoms with Crippen LogP contribution in [0.3, 0.4) is 0 Å². The summed E-state index contributed by atoms with van der Waals surface area (Å²) in [6.45, 7) is 9.27. The number of rotatable bonds is 6. The van der Waals surface area contributed by atoms with Crippen LogP contribution in [0.1, 0.15) is 27.2 Å². The fraction of sp³-hybridized carbons (Fsp3) is 0.583. The molecule has 0 saturated carbocycles. The molecule has 0 saturated heterocycles. The molecule has 0 radical (unpaired) electrons. The summed E-state index contributed by atoms with van der Waals surface area (Å²) < 4.78 is 0.